The summed E-state index contributed by atoms with van der Waals surface area (Å²) < 4.78 is 30.2. The summed E-state index contributed by atoms with van der Waals surface area (Å²) in [4.78, 5) is 25.1. The highest BCUT2D eigenvalue weighted by atomic mass is 32.2. The minimum absolute atomic E-state index is 0.312. The Morgan fingerprint density at radius 2 is 1.81 bits per heavy atom. The second-order valence-corrected chi connectivity index (χ2v) is 8.79. The number of benzene rings is 2. The first-order valence-corrected chi connectivity index (χ1v) is 11.5. The topological polar surface area (TPSA) is 105 Å². The lowest BCUT2D eigenvalue weighted by molar-refractivity contribution is -0.122. The van der Waals surface area contributed by atoms with E-state index in [4.69, 9.17) is 4.74 Å². The maximum atomic E-state index is 12.8. The fourth-order valence-electron chi connectivity index (χ4n) is 2.68. The third kappa shape index (κ3) is 6.58. The van der Waals surface area contributed by atoms with Crippen molar-refractivity contribution in [2.45, 2.75) is 19.4 Å². The van der Waals surface area contributed by atoms with Gasteiger partial charge in [-0.15, -0.1) is 6.58 Å². The second-order valence-electron chi connectivity index (χ2n) is 6.77. The van der Waals surface area contributed by atoms with Crippen LogP contribution >= 0.6 is 0 Å². The van der Waals surface area contributed by atoms with Gasteiger partial charge in [0.1, 0.15) is 5.75 Å². The number of ether oxygens (including phenoxy) is 1. The molecule has 2 amide bonds. The van der Waals surface area contributed by atoms with Crippen molar-refractivity contribution in [3.05, 3.63) is 66.7 Å². The molecule has 2 aromatic carbocycles. The van der Waals surface area contributed by atoms with Gasteiger partial charge < -0.3 is 15.4 Å². The highest BCUT2D eigenvalue weighted by Crippen LogP contribution is 2.22. The zero-order chi connectivity index (χ0) is 23.0. The minimum atomic E-state index is -3.37. The van der Waals surface area contributed by atoms with E-state index in [1.54, 1.807) is 61.5 Å². The van der Waals surface area contributed by atoms with Crippen LogP contribution in [0.1, 0.15) is 23.7 Å². The van der Waals surface area contributed by atoms with Crippen molar-refractivity contribution in [2.24, 2.45) is 0 Å². The highest BCUT2D eigenvalue weighted by molar-refractivity contribution is 7.92. The summed E-state index contributed by atoms with van der Waals surface area (Å²) in [5.41, 5.74) is 1.19. The molecule has 0 saturated heterocycles. The van der Waals surface area contributed by atoms with Gasteiger partial charge >= 0.3 is 0 Å². The van der Waals surface area contributed by atoms with Crippen LogP contribution in [0.2, 0.25) is 0 Å². The Balaban J connectivity index is 2.11. The average Bonchev–Trinajstić information content (AvgIpc) is 2.75. The van der Waals surface area contributed by atoms with Crippen LogP contribution in [0, 0.1) is 0 Å². The first-order valence-electron chi connectivity index (χ1n) is 9.67. The minimum Gasteiger partial charge on any atom is -0.481 e. The largest absolute Gasteiger partial charge is 0.481 e. The summed E-state index contributed by atoms with van der Waals surface area (Å²) in [6, 6.07) is 13.1. The van der Waals surface area contributed by atoms with Gasteiger partial charge in [-0.3, -0.25) is 13.9 Å². The van der Waals surface area contributed by atoms with Crippen LogP contribution in [0.4, 0.5) is 11.4 Å². The van der Waals surface area contributed by atoms with Crippen LogP contribution in [0.3, 0.4) is 0 Å². The predicted molar refractivity (Wildman–Crippen MR) is 122 cm³/mol. The molecule has 0 fully saturated rings. The van der Waals surface area contributed by atoms with E-state index in [1.165, 1.54) is 7.05 Å². The maximum Gasteiger partial charge on any atom is 0.265 e. The molecule has 0 heterocycles. The molecule has 2 N–H and O–H groups in total. The Kier molecular flexibility index (Phi) is 8.21. The molecular weight excluding hydrogens is 418 g/mol. The normalized spacial score (nSPS) is 11.8. The molecule has 0 aliphatic heterocycles. The summed E-state index contributed by atoms with van der Waals surface area (Å²) in [6.07, 6.45) is 2.27. The number of nitrogens with zero attached hydrogens (tertiary/aromatic N) is 1. The van der Waals surface area contributed by atoms with Gasteiger partial charge in [0.2, 0.25) is 10.0 Å². The van der Waals surface area contributed by atoms with Crippen molar-refractivity contribution < 1.29 is 22.7 Å². The van der Waals surface area contributed by atoms with E-state index in [1.807, 2.05) is 0 Å². The van der Waals surface area contributed by atoms with E-state index < -0.39 is 22.0 Å². The quantitative estimate of drug-likeness (QED) is 0.547. The standard InChI is InChI=1S/C22H27N3O5S/c1-5-15-23-21(26)18-9-7-8-10-19(18)24-22(27)20(6-2)30-17-13-11-16(12-14-17)25(3)31(4,28)29/h5,7-14,20H,1,6,15H2,2-4H3,(H,23,26)(H,24,27)/t20-/m0/s1. The van der Waals surface area contributed by atoms with Gasteiger partial charge in [-0.05, 0) is 42.8 Å². The van der Waals surface area contributed by atoms with Gasteiger partial charge in [0.15, 0.2) is 6.10 Å². The number of sulfonamides is 1. The van der Waals surface area contributed by atoms with Crippen molar-refractivity contribution in [3.8, 4) is 5.75 Å². The number of rotatable bonds is 10. The van der Waals surface area contributed by atoms with Crippen LogP contribution in [0.25, 0.3) is 0 Å². The summed E-state index contributed by atoms with van der Waals surface area (Å²) in [5.74, 6) is -0.302. The summed E-state index contributed by atoms with van der Waals surface area (Å²) >= 11 is 0. The number of nitrogens with one attached hydrogen (secondary N) is 2. The molecule has 0 radical (unpaired) electrons. The molecule has 0 bridgehead atoms. The molecule has 1 atom stereocenters. The predicted octanol–water partition coefficient (Wildman–Crippen LogP) is 2.79. The number of carbonyl (C=O) groups is 2. The number of amides is 2. The summed E-state index contributed by atoms with van der Waals surface area (Å²) in [7, 11) is -1.92. The highest BCUT2D eigenvalue weighted by Gasteiger charge is 2.21. The fourth-order valence-corrected chi connectivity index (χ4v) is 3.18. The van der Waals surface area contributed by atoms with Gasteiger partial charge in [-0.2, -0.15) is 0 Å². The molecule has 0 aromatic heterocycles. The van der Waals surface area contributed by atoms with Gasteiger partial charge in [-0.25, -0.2) is 8.42 Å². The lowest BCUT2D eigenvalue weighted by Crippen LogP contribution is -2.33. The first-order chi connectivity index (χ1) is 14.7. The fraction of sp³-hybridized carbons (Fsp3) is 0.273. The van der Waals surface area contributed by atoms with Gasteiger partial charge in [-0.1, -0.05) is 25.1 Å². The van der Waals surface area contributed by atoms with Gasteiger partial charge in [0, 0.05) is 13.6 Å². The monoisotopic (exact) mass is 445 g/mol. The van der Waals surface area contributed by atoms with E-state index in [0.29, 0.717) is 35.7 Å². The van der Waals surface area contributed by atoms with Crippen LogP contribution in [-0.4, -0.2) is 46.2 Å². The Morgan fingerprint density at radius 1 is 1.16 bits per heavy atom. The molecule has 2 aromatic rings. The molecule has 2 rings (SSSR count). The van der Waals surface area contributed by atoms with E-state index in [0.717, 1.165) is 10.6 Å². The SMILES string of the molecule is C=CCNC(=O)c1ccccc1NC(=O)[C@H](CC)Oc1ccc(N(C)S(C)(=O)=O)cc1. The molecule has 0 spiro atoms. The van der Waals surface area contributed by atoms with Crippen molar-refractivity contribution in [1.82, 2.24) is 5.32 Å². The Labute approximate surface area is 183 Å². The average molecular weight is 446 g/mol. The number of hydrogen-bond donors (Lipinski definition) is 2. The van der Waals surface area contributed by atoms with Crippen LogP contribution in [-0.2, 0) is 14.8 Å². The van der Waals surface area contributed by atoms with Crippen LogP contribution < -0.4 is 19.7 Å². The van der Waals surface area contributed by atoms with Crippen molar-refractivity contribution in [2.75, 3.05) is 29.5 Å². The molecular formula is C22H27N3O5S. The summed E-state index contributed by atoms with van der Waals surface area (Å²) in [6.45, 7) is 5.68. The van der Waals surface area contributed by atoms with E-state index in [2.05, 4.69) is 17.2 Å². The second kappa shape index (κ2) is 10.6. The van der Waals surface area contributed by atoms with Crippen molar-refractivity contribution in [1.29, 1.82) is 0 Å². The third-order valence-electron chi connectivity index (χ3n) is 4.48. The van der Waals surface area contributed by atoms with Crippen LogP contribution in [0.5, 0.6) is 5.75 Å². The molecule has 0 unspecified atom stereocenters. The lowest BCUT2D eigenvalue weighted by atomic mass is 10.1. The first kappa shape index (κ1) is 23.9. The molecule has 31 heavy (non-hydrogen) atoms. The molecule has 0 aliphatic rings. The maximum absolute atomic E-state index is 12.8. The van der Waals surface area contributed by atoms with Crippen LogP contribution in [0.15, 0.2) is 61.2 Å². The number of para-hydroxylation sites is 1. The third-order valence-corrected chi connectivity index (χ3v) is 5.68. The van der Waals surface area contributed by atoms with Crippen molar-refractivity contribution >= 4 is 33.2 Å². The van der Waals surface area contributed by atoms with Crippen molar-refractivity contribution in [3.63, 3.8) is 0 Å². The van der Waals surface area contributed by atoms with E-state index in [-0.39, 0.29) is 5.91 Å². The Morgan fingerprint density at radius 3 is 2.39 bits per heavy atom. The Hall–Kier alpha value is -3.33. The molecule has 8 nitrogen and oxygen atoms in total. The Bertz CT molecular complexity index is 1040. The van der Waals surface area contributed by atoms with Gasteiger partial charge in [0.25, 0.3) is 11.8 Å². The number of anilines is 2. The number of hydrogen-bond acceptors (Lipinski definition) is 5. The zero-order valence-corrected chi connectivity index (χ0v) is 18.6. The molecule has 0 aliphatic carbocycles. The number of carbonyl (C=O) groups excluding carboxylic acids is 2. The van der Waals surface area contributed by atoms with E-state index in [9.17, 15) is 18.0 Å². The molecule has 166 valence electrons. The zero-order valence-electron chi connectivity index (χ0n) is 17.8. The van der Waals surface area contributed by atoms with Gasteiger partial charge in [0.05, 0.1) is 23.2 Å². The molecule has 9 heteroatoms. The summed E-state index contributed by atoms with van der Waals surface area (Å²) in [5, 5.41) is 5.43. The van der Waals surface area contributed by atoms with E-state index >= 15 is 0 Å². The smallest absolute Gasteiger partial charge is 0.265 e. The lowest BCUT2D eigenvalue weighted by Gasteiger charge is -2.20. The molecule has 0 saturated carbocycles.